The lowest BCUT2D eigenvalue weighted by atomic mass is 9.54. The molecule has 1 heterocycles. The zero-order valence-electron chi connectivity index (χ0n) is 18.3. The third kappa shape index (κ3) is 4.30. The van der Waals surface area contributed by atoms with Crippen LogP contribution in [0, 0.1) is 23.7 Å². The molecule has 6 rings (SSSR count). The standard InChI is InChI=1S/C25H37N3O2/c1-30-8-7-26-25(29)23-14-22(16-28(23)15-17-5-3-2-4-6-17)27-24-20-10-18-9-19(12-20)13-21(24)11-18/h2-6,18-24,27H,7-16H2,1H3,(H,26,29)/t18?,19?,20?,21?,22-,23-,24?/m0/s1. The zero-order valence-corrected chi connectivity index (χ0v) is 18.3. The van der Waals surface area contributed by atoms with Crippen LogP contribution in [0.1, 0.15) is 44.1 Å². The summed E-state index contributed by atoms with van der Waals surface area (Å²) in [6, 6.07) is 11.6. The highest BCUT2D eigenvalue weighted by molar-refractivity contribution is 5.82. The summed E-state index contributed by atoms with van der Waals surface area (Å²) >= 11 is 0. The smallest absolute Gasteiger partial charge is 0.237 e. The fourth-order valence-corrected chi connectivity index (χ4v) is 7.15. The number of benzene rings is 1. The maximum absolute atomic E-state index is 13.0. The van der Waals surface area contributed by atoms with E-state index < -0.39 is 0 Å². The van der Waals surface area contributed by atoms with E-state index in [4.69, 9.17) is 4.74 Å². The predicted octanol–water partition coefficient (Wildman–Crippen LogP) is 2.81. The molecule has 30 heavy (non-hydrogen) atoms. The SMILES string of the molecule is COCCNC(=O)[C@@H]1C[C@H](NC2C3CC4CC(C3)CC2C4)CN1Cc1ccccc1. The average Bonchev–Trinajstić information content (AvgIpc) is 3.13. The van der Waals surface area contributed by atoms with E-state index in [2.05, 4.69) is 45.9 Å². The molecule has 1 aliphatic heterocycles. The summed E-state index contributed by atoms with van der Waals surface area (Å²) in [7, 11) is 1.67. The van der Waals surface area contributed by atoms with Gasteiger partial charge >= 0.3 is 0 Å². The maximum atomic E-state index is 13.0. The second-order valence-corrected chi connectivity index (χ2v) is 10.3. The molecule has 5 nitrogen and oxygen atoms in total. The lowest BCUT2D eigenvalue weighted by Gasteiger charge is -2.55. The molecule has 4 saturated carbocycles. The number of hydrogen-bond acceptors (Lipinski definition) is 4. The number of carbonyl (C=O) groups excluding carboxylic acids is 1. The van der Waals surface area contributed by atoms with Crippen molar-refractivity contribution < 1.29 is 9.53 Å². The van der Waals surface area contributed by atoms with E-state index in [1.807, 2.05) is 0 Å². The molecule has 4 aliphatic carbocycles. The molecule has 0 aromatic heterocycles. The van der Waals surface area contributed by atoms with E-state index in [0.29, 0.717) is 25.2 Å². The van der Waals surface area contributed by atoms with Crippen molar-refractivity contribution >= 4 is 5.91 Å². The summed E-state index contributed by atoms with van der Waals surface area (Å²) < 4.78 is 5.11. The van der Waals surface area contributed by atoms with Crippen LogP contribution >= 0.6 is 0 Å². The highest BCUT2D eigenvalue weighted by atomic mass is 16.5. The first-order valence-corrected chi connectivity index (χ1v) is 12.0. The molecule has 2 N–H and O–H groups in total. The van der Waals surface area contributed by atoms with Crippen LogP contribution in [0.15, 0.2) is 30.3 Å². The number of nitrogens with zero attached hydrogens (tertiary/aromatic N) is 1. The molecule has 0 spiro atoms. The van der Waals surface area contributed by atoms with Gasteiger partial charge in [0.15, 0.2) is 0 Å². The maximum Gasteiger partial charge on any atom is 0.237 e. The van der Waals surface area contributed by atoms with Crippen LogP contribution in [0.3, 0.4) is 0 Å². The van der Waals surface area contributed by atoms with Gasteiger partial charge in [-0.3, -0.25) is 9.69 Å². The second kappa shape index (κ2) is 8.97. The van der Waals surface area contributed by atoms with Crippen molar-refractivity contribution in [1.82, 2.24) is 15.5 Å². The second-order valence-electron chi connectivity index (χ2n) is 10.3. The van der Waals surface area contributed by atoms with Gasteiger partial charge < -0.3 is 15.4 Å². The van der Waals surface area contributed by atoms with Gasteiger partial charge in [-0.25, -0.2) is 0 Å². The summed E-state index contributed by atoms with van der Waals surface area (Å²) in [6.45, 7) is 2.94. The molecule has 5 aliphatic rings. The topological polar surface area (TPSA) is 53.6 Å². The largest absolute Gasteiger partial charge is 0.383 e. The van der Waals surface area contributed by atoms with Crippen LogP contribution in [0.2, 0.25) is 0 Å². The number of nitrogens with one attached hydrogen (secondary N) is 2. The normalized spacial score (nSPS) is 37.6. The molecule has 4 bridgehead atoms. The average molecular weight is 412 g/mol. The Bertz CT molecular complexity index is 696. The minimum Gasteiger partial charge on any atom is -0.383 e. The number of likely N-dealkylation sites (tertiary alicyclic amines) is 1. The van der Waals surface area contributed by atoms with Gasteiger partial charge in [0.05, 0.1) is 12.6 Å². The van der Waals surface area contributed by atoms with E-state index >= 15 is 0 Å². The fraction of sp³-hybridized carbons (Fsp3) is 0.720. The summed E-state index contributed by atoms with van der Waals surface area (Å²) in [5.74, 6) is 3.90. The van der Waals surface area contributed by atoms with E-state index in [1.165, 1.54) is 37.7 Å². The summed E-state index contributed by atoms with van der Waals surface area (Å²) in [4.78, 5) is 15.3. The van der Waals surface area contributed by atoms with Crippen molar-refractivity contribution in [2.24, 2.45) is 23.7 Å². The molecule has 2 atom stereocenters. The van der Waals surface area contributed by atoms with E-state index in [0.717, 1.165) is 43.2 Å². The van der Waals surface area contributed by atoms with Crippen LogP contribution < -0.4 is 10.6 Å². The Morgan fingerprint density at radius 1 is 1.03 bits per heavy atom. The van der Waals surface area contributed by atoms with Crippen LogP contribution in [0.25, 0.3) is 0 Å². The molecule has 1 amide bonds. The van der Waals surface area contributed by atoms with Gasteiger partial charge in [-0.05, 0) is 67.8 Å². The lowest BCUT2D eigenvalue weighted by Crippen LogP contribution is -2.57. The highest BCUT2D eigenvalue weighted by Gasteiger charge is 2.49. The summed E-state index contributed by atoms with van der Waals surface area (Å²) in [5.41, 5.74) is 1.28. The summed E-state index contributed by atoms with van der Waals surface area (Å²) in [6.07, 6.45) is 8.16. The lowest BCUT2D eigenvalue weighted by molar-refractivity contribution is -0.125. The molecule has 1 aromatic carbocycles. The van der Waals surface area contributed by atoms with Gasteiger partial charge in [-0.15, -0.1) is 0 Å². The van der Waals surface area contributed by atoms with Crippen LogP contribution in [0.4, 0.5) is 0 Å². The Morgan fingerprint density at radius 3 is 2.40 bits per heavy atom. The minimum absolute atomic E-state index is 0.0589. The Morgan fingerprint density at radius 2 is 1.73 bits per heavy atom. The molecular weight excluding hydrogens is 374 g/mol. The number of methoxy groups -OCH3 is 1. The summed E-state index contributed by atoms with van der Waals surface area (Å²) in [5, 5.41) is 7.17. The molecule has 164 valence electrons. The number of amides is 1. The van der Waals surface area contributed by atoms with E-state index in [1.54, 1.807) is 7.11 Å². The molecule has 0 unspecified atom stereocenters. The van der Waals surface area contributed by atoms with E-state index in [-0.39, 0.29) is 11.9 Å². The van der Waals surface area contributed by atoms with Crippen LogP contribution in [0.5, 0.6) is 0 Å². The van der Waals surface area contributed by atoms with Crippen molar-refractivity contribution in [2.75, 3.05) is 26.8 Å². The molecule has 1 aromatic rings. The number of rotatable bonds is 8. The Balaban J connectivity index is 1.25. The Hall–Kier alpha value is -1.43. The molecule has 5 heteroatoms. The van der Waals surface area contributed by atoms with Crippen molar-refractivity contribution in [3.05, 3.63) is 35.9 Å². The molecule has 5 fully saturated rings. The first kappa shape index (κ1) is 20.5. The monoisotopic (exact) mass is 411 g/mol. The highest BCUT2D eigenvalue weighted by Crippen LogP contribution is 2.53. The van der Waals surface area contributed by atoms with Crippen molar-refractivity contribution in [2.45, 2.75) is 63.2 Å². The van der Waals surface area contributed by atoms with Crippen molar-refractivity contribution in [3.8, 4) is 0 Å². The number of hydrogen-bond donors (Lipinski definition) is 2. The third-order valence-corrected chi connectivity index (χ3v) is 8.19. The Labute approximate surface area is 180 Å². The zero-order chi connectivity index (χ0) is 20.5. The van der Waals surface area contributed by atoms with Crippen LogP contribution in [-0.4, -0.2) is 55.7 Å². The van der Waals surface area contributed by atoms with Gasteiger partial charge in [-0.2, -0.15) is 0 Å². The van der Waals surface area contributed by atoms with Gasteiger partial charge in [0, 0.05) is 38.8 Å². The first-order chi connectivity index (χ1) is 14.7. The van der Waals surface area contributed by atoms with Crippen molar-refractivity contribution in [1.29, 1.82) is 0 Å². The third-order valence-electron chi connectivity index (χ3n) is 8.19. The van der Waals surface area contributed by atoms with Gasteiger partial charge in [0.1, 0.15) is 0 Å². The fourth-order valence-electron chi connectivity index (χ4n) is 7.15. The van der Waals surface area contributed by atoms with Crippen LogP contribution in [-0.2, 0) is 16.1 Å². The van der Waals surface area contributed by atoms with Gasteiger partial charge in [-0.1, -0.05) is 30.3 Å². The molecular formula is C25H37N3O2. The van der Waals surface area contributed by atoms with Gasteiger partial charge in [0.25, 0.3) is 0 Å². The number of carbonyl (C=O) groups is 1. The first-order valence-electron chi connectivity index (χ1n) is 12.0. The van der Waals surface area contributed by atoms with E-state index in [9.17, 15) is 4.79 Å². The molecule has 1 saturated heterocycles. The number of ether oxygens (including phenoxy) is 1. The quantitative estimate of drug-likeness (QED) is 0.646. The van der Waals surface area contributed by atoms with Crippen molar-refractivity contribution in [3.63, 3.8) is 0 Å². The predicted molar refractivity (Wildman–Crippen MR) is 118 cm³/mol. The minimum atomic E-state index is -0.0589. The van der Waals surface area contributed by atoms with Gasteiger partial charge in [0.2, 0.25) is 5.91 Å². The molecule has 0 radical (unpaired) electrons. The Kier molecular flexibility index (Phi) is 6.12.